The monoisotopic (exact) mass is 408 g/mol. The molecule has 6 nitrogen and oxygen atoms in total. The molecule has 2 aliphatic heterocycles. The molecule has 5 unspecified atom stereocenters. The molecule has 2 saturated heterocycles. The standard InChI is InChI=1S/C15H23BrF2N4O2/c16-14-12(6-19-20-15(14)24)21-3-4-22(13(23)8-21)7-9-1-2-10(17)5-11(9)18/h9-12,14,19H,1-8H2,(H,20,24). The summed E-state index contributed by atoms with van der Waals surface area (Å²) in [5.41, 5.74) is 5.39. The first-order chi connectivity index (χ1) is 11.5. The van der Waals surface area contributed by atoms with Crippen LogP contribution in [0.15, 0.2) is 0 Å². The summed E-state index contributed by atoms with van der Waals surface area (Å²) in [6.07, 6.45) is -1.39. The Morgan fingerprint density at radius 1 is 1.21 bits per heavy atom. The molecule has 5 atom stereocenters. The van der Waals surface area contributed by atoms with Crippen LogP contribution in [0.4, 0.5) is 8.78 Å². The zero-order valence-corrected chi connectivity index (χ0v) is 15.0. The van der Waals surface area contributed by atoms with Gasteiger partial charge in [0.05, 0.1) is 6.54 Å². The molecule has 1 saturated carbocycles. The molecule has 0 radical (unpaired) electrons. The molecule has 2 amide bonds. The van der Waals surface area contributed by atoms with Gasteiger partial charge in [0, 0.05) is 44.6 Å². The third-order valence-electron chi connectivity index (χ3n) is 5.23. The molecule has 0 spiro atoms. The molecule has 0 bridgehead atoms. The first-order valence-corrected chi connectivity index (χ1v) is 9.34. The second-order valence-electron chi connectivity index (χ2n) is 6.84. The fraction of sp³-hybridized carbons (Fsp3) is 0.867. The van der Waals surface area contributed by atoms with E-state index in [0.29, 0.717) is 39.0 Å². The molecule has 0 aromatic heterocycles. The van der Waals surface area contributed by atoms with Crippen LogP contribution in [0, 0.1) is 5.92 Å². The summed E-state index contributed by atoms with van der Waals surface area (Å²) < 4.78 is 27.2. The first-order valence-electron chi connectivity index (χ1n) is 8.42. The van der Waals surface area contributed by atoms with Crippen molar-refractivity contribution in [2.45, 2.75) is 42.5 Å². The number of hydrazine groups is 1. The highest BCUT2D eigenvalue weighted by molar-refractivity contribution is 9.10. The number of nitrogens with zero attached hydrogens (tertiary/aromatic N) is 2. The molecule has 2 N–H and O–H groups in total. The van der Waals surface area contributed by atoms with Gasteiger partial charge in [0.2, 0.25) is 11.8 Å². The molecule has 9 heteroatoms. The Labute approximate surface area is 148 Å². The van der Waals surface area contributed by atoms with Gasteiger partial charge >= 0.3 is 0 Å². The number of carbonyl (C=O) groups excluding carboxylic acids is 2. The number of hydrogen-bond donors (Lipinski definition) is 2. The Hall–Kier alpha value is -0.800. The average molecular weight is 409 g/mol. The van der Waals surface area contributed by atoms with Crippen molar-refractivity contribution in [2.24, 2.45) is 5.92 Å². The lowest BCUT2D eigenvalue weighted by Crippen LogP contribution is -2.65. The molecule has 0 aromatic carbocycles. The fourth-order valence-electron chi connectivity index (χ4n) is 3.73. The Balaban J connectivity index is 1.54. The number of hydrogen-bond acceptors (Lipinski definition) is 4. The highest BCUT2D eigenvalue weighted by Gasteiger charge is 2.39. The second-order valence-corrected chi connectivity index (χ2v) is 7.82. The zero-order chi connectivity index (χ0) is 17.3. The number of piperazine rings is 1. The summed E-state index contributed by atoms with van der Waals surface area (Å²) >= 11 is 3.38. The van der Waals surface area contributed by atoms with Gasteiger partial charge in [0.15, 0.2) is 0 Å². The molecule has 0 aromatic rings. The van der Waals surface area contributed by atoms with E-state index in [1.165, 1.54) is 0 Å². The van der Waals surface area contributed by atoms with E-state index in [1.54, 1.807) is 4.90 Å². The van der Waals surface area contributed by atoms with Crippen LogP contribution < -0.4 is 10.9 Å². The maximum atomic E-state index is 14.0. The van der Waals surface area contributed by atoms with Crippen LogP contribution in [0.2, 0.25) is 0 Å². The maximum absolute atomic E-state index is 14.0. The van der Waals surface area contributed by atoms with E-state index < -0.39 is 12.3 Å². The van der Waals surface area contributed by atoms with Crippen LogP contribution >= 0.6 is 15.9 Å². The highest BCUT2D eigenvalue weighted by atomic mass is 79.9. The minimum absolute atomic E-state index is 0.0487. The van der Waals surface area contributed by atoms with Crippen molar-refractivity contribution in [2.75, 3.05) is 32.7 Å². The topological polar surface area (TPSA) is 64.7 Å². The van der Waals surface area contributed by atoms with Crippen molar-refractivity contribution >= 4 is 27.7 Å². The summed E-state index contributed by atoms with van der Waals surface area (Å²) in [6.45, 7) is 2.29. The van der Waals surface area contributed by atoms with Gasteiger partial charge in [0.25, 0.3) is 0 Å². The Morgan fingerprint density at radius 3 is 2.71 bits per heavy atom. The van der Waals surface area contributed by atoms with E-state index in [0.717, 1.165) is 0 Å². The van der Waals surface area contributed by atoms with Crippen molar-refractivity contribution < 1.29 is 18.4 Å². The highest BCUT2D eigenvalue weighted by Crippen LogP contribution is 2.30. The zero-order valence-electron chi connectivity index (χ0n) is 13.4. The van der Waals surface area contributed by atoms with Gasteiger partial charge in [-0.2, -0.15) is 0 Å². The lowest BCUT2D eigenvalue weighted by molar-refractivity contribution is -0.140. The van der Waals surface area contributed by atoms with Crippen LogP contribution in [-0.4, -0.2) is 77.6 Å². The number of halogens is 3. The number of alkyl halides is 3. The van der Waals surface area contributed by atoms with Crippen molar-refractivity contribution in [1.82, 2.24) is 20.7 Å². The van der Waals surface area contributed by atoms with Gasteiger partial charge < -0.3 is 4.90 Å². The molecule has 3 fully saturated rings. The number of amides is 2. The molecule has 136 valence electrons. The van der Waals surface area contributed by atoms with E-state index in [9.17, 15) is 18.4 Å². The second kappa shape index (κ2) is 7.61. The fourth-order valence-corrected chi connectivity index (χ4v) is 4.36. The van der Waals surface area contributed by atoms with Crippen molar-refractivity contribution in [3.63, 3.8) is 0 Å². The lowest BCUT2D eigenvalue weighted by atomic mass is 9.86. The Morgan fingerprint density at radius 2 is 2.00 bits per heavy atom. The van der Waals surface area contributed by atoms with E-state index >= 15 is 0 Å². The van der Waals surface area contributed by atoms with Gasteiger partial charge in [-0.3, -0.25) is 19.9 Å². The molecular formula is C15H23BrF2N4O2. The van der Waals surface area contributed by atoms with Gasteiger partial charge in [-0.1, -0.05) is 15.9 Å². The van der Waals surface area contributed by atoms with Gasteiger partial charge in [-0.15, -0.1) is 0 Å². The number of carbonyl (C=O) groups is 2. The minimum atomic E-state index is -1.17. The Bertz CT molecular complexity index is 498. The average Bonchev–Trinajstić information content (AvgIpc) is 2.54. The Kier molecular flexibility index (Phi) is 5.71. The quantitative estimate of drug-likeness (QED) is 0.662. The van der Waals surface area contributed by atoms with E-state index in [-0.39, 0.29) is 41.6 Å². The number of rotatable bonds is 3. The lowest BCUT2D eigenvalue weighted by Gasteiger charge is -2.43. The van der Waals surface area contributed by atoms with Crippen LogP contribution in [0.1, 0.15) is 19.3 Å². The SMILES string of the molecule is O=C1NNCC(N2CCN(CC3CCC(F)CC3F)C(=O)C2)C1Br. The van der Waals surface area contributed by atoms with E-state index in [1.807, 2.05) is 4.90 Å². The maximum Gasteiger partial charge on any atom is 0.249 e. The van der Waals surface area contributed by atoms with Crippen molar-refractivity contribution in [3.05, 3.63) is 0 Å². The normalized spacial score (nSPS) is 39.0. The summed E-state index contributed by atoms with van der Waals surface area (Å²) in [5, 5.41) is 0. The third-order valence-corrected chi connectivity index (χ3v) is 6.25. The van der Waals surface area contributed by atoms with Crippen molar-refractivity contribution in [1.29, 1.82) is 0 Å². The summed E-state index contributed by atoms with van der Waals surface area (Å²) in [4.78, 5) is 27.4. The van der Waals surface area contributed by atoms with Crippen LogP contribution in [0.3, 0.4) is 0 Å². The predicted molar refractivity (Wildman–Crippen MR) is 87.9 cm³/mol. The van der Waals surface area contributed by atoms with Crippen molar-refractivity contribution in [3.8, 4) is 0 Å². The minimum Gasteiger partial charge on any atom is -0.340 e. The summed E-state index contributed by atoms with van der Waals surface area (Å²) in [7, 11) is 0. The molecule has 3 rings (SSSR count). The largest absolute Gasteiger partial charge is 0.340 e. The van der Waals surface area contributed by atoms with Crippen LogP contribution in [0.25, 0.3) is 0 Å². The molecule has 3 aliphatic rings. The first kappa shape index (κ1) is 18.0. The van der Waals surface area contributed by atoms with Gasteiger partial charge in [0.1, 0.15) is 17.2 Å². The molecular weight excluding hydrogens is 386 g/mol. The molecule has 24 heavy (non-hydrogen) atoms. The van der Waals surface area contributed by atoms with Gasteiger partial charge in [-0.25, -0.2) is 14.2 Å². The van der Waals surface area contributed by atoms with Crippen LogP contribution in [-0.2, 0) is 9.59 Å². The van der Waals surface area contributed by atoms with E-state index in [4.69, 9.17) is 0 Å². The number of nitrogens with one attached hydrogen (secondary N) is 2. The predicted octanol–water partition coefficient (Wildman–Crippen LogP) is 0.373. The van der Waals surface area contributed by atoms with Gasteiger partial charge in [-0.05, 0) is 12.8 Å². The smallest absolute Gasteiger partial charge is 0.249 e. The van der Waals surface area contributed by atoms with E-state index in [2.05, 4.69) is 26.8 Å². The molecule has 2 heterocycles. The summed E-state index contributed by atoms with van der Waals surface area (Å²) in [5.74, 6) is -0.468. The summed E-state index contributed by atoms with van der Waals surface area (Å²) in [6, 6.07) is -0.0965. The third kappa shape index (κ3) is 3.88. The van der Waals surface area contributed by atoms with Crippen LogP contribution in [0.5, 0.6) is 0 Å². The molecule has 1 aliphatic carbocycles.